The van der Waals surface area contributed by atoms with E-state index >= 15 is 0 Å². The molecule has 0 unspecified atom stereocenters. The number of hydrogen-bond donors (Lipinski definition) is 1. The summed E-state index contributed by atoms with van der Waals surface area (Å²) in [5.41, 5.74) is 2.37. The monoisotopic (exact) mass is 265 g/mol. The summed E-state index contributed by atoms with van der Waals surface area (Å²) in [6, 6.07) is 6.36. The summed E-state index contributed by atoms with van der Waals surface area (Å²) < 4.78 is 5.43. The summed E-state index contributed by atoms with van der Waals surface area (Å²) in [5.74, 6) is 0.928. The Morgan fingerprint density at radius 3 is 2.47 bits per heavy atom. The zero-order valence-electron chi connectivity index (χ0n) is 12.9. The lowest BCUT2D eigenvalue weighted by atomic mass is 10.1. The van der Waals surface area contributed by atoms with Gasteiger partial charge in [0.1, 0.15) is 5.75 Å². The van der Waals surface area contributed by atoms with Crippen molar-refractivity contribution >= 4 is 5.69 Å². The van der Waals surface area contributed by atoms with Gasteiger partial charge >= 0.3 is 0 Å². The van der Waals surface area contributed by atoms with E-state index in [0.717, 1.165) is 31.1 Å². The third-order valence-corrected chi connectivity index (χ3v) is 3.01. The van der Waals surface area contributed by atoms with Crippen LogP contribution in [-0.4, -0.2) is 53.3 Å². The molecular formula is C15H27N3O. The third-order valence-electron chi connectivity index (χ3n) is 3.01. The van der Waals surface area contributed by atoms with Gasteiger partial charge in [0.25, 0.3) is 0 Å². The lowest BCUT2D eigenvalue weighted by molar-refractivity contribution is 0.394. The molecule has 0 aromatic heterocycles. The molecule has 19 heavy (non-hydrogen) atoms. The van der Waals surface area contributed by atoms with Gasteiger partial charge in [-0.2, -0.15) is 0 Å². The van der Waals surface area contributed by atoms with Crippen LogP contribution in [0, 0.1) is 0 Å². The Balaban J connectivity index is 2.46. The van der Waals surface area contributed by atoms with Crippen molar-refractivity contribution in [2.24, 2.45) is 0 Å². The topological polar surface area (TPSA) is 27.7 Å². The molecule has 0 aliphatic carbocycles. The SMILES string of the molecule is COc1cc(CNCCCN(C)C)ccc1N(C)C. The van der Waals surface area contributed by atoms with Crippen molar-refractivity contribution in [2.45, 2.75) is 13.0 Å². The maximum Gasteiger partial charge on any atom is 0.142 e. The zero-order chi connectivity index (χ0) is 14.3. The molecule has 0 saturated heterocycles. The fraction of sp³-hybridized carbons (Fsp3) is 0.600. The van der Waals surface area contributed by atoms with Gasteiger partial charge in [0.2, 0.25) is 0 Å². The fourth-order valence-electron chi connectivity index (χ4n) is 1.95. The molecule has 0 spiro atoms. The molecule has 0 bridgehead atoms. The molecule has 1 aromatic carbocycles. The molecule has 0 fully saturated rings. The fourth-order valence-corrected chi connectivity index (χ4v) is 1.95. The van der Waals surface area contributed by atoms with E-state index in [1.807, 2.05) is 14.1 Å². The van der Waals surface area contributed by atoms with Crippen molar-refractivity contribution in [2.75, 3.05) is 53.3 Å². The van der Waals surface area contributed by atoms with Gasteiger partial charge in [-0.15, -0.1) is 0 Å². The summed E-state index contributed by atoms with van der Waals surface area (Å²) in [6.45, 7) is 3.04. The van der Waals surface area contributed by atoms with Crippen LogP contribution in [0.15, 0.2) is 18.2 Å². The summed E-state index contributed by atoms with van der Waals surface area (Å²) >= 11 is 0. The van der Waals surface area contributed by atoms with Crippen LogP contribution in [-0.2, 0) is 6.54 Å². The first-order valence-electron chi connectivity index (χ1n) is 6.74. The molecule has 0 aliphatic heterocycles. The summed E-state index contributed by atoms with van der Waals surface area (Å²) in [6.07, 6.45) is 1.17. The van der Waals surface area contributed by atoms with Crippen LogP contribution in [0.2, 0.25) is 0 Å². The van der Waals surface area contributed by atoms with Crippen molar-refractivity contribution in [1.82, 2.24) is 10.2 Å². The van der Waals surface area contributed by atoms with Gasteiger partial charge in [-0.05, 0) is 51.3 Å². The number of rotatable bonds is 8. The smallest absolute Gasteiger partial charge is 0.142 e. The highest BCUT2D eigenvalue weighted by molar-refractivity contribution is 5.58. The minimum Gasteiger partial charge on any atom is -0.495 e. The van der Waals surface area contributed by atoms with E-state index in [1.165, 1.54) is 12.0 Å². The maximum absolute atomic E-state index is 5.43. The molecule has 0 amide bonds. The molecule has 4 heteroatoms. The van der Waals surface area contributed by atoms with E-state index in [0.29, 0.717) is 0 Å². The van der Waals surface area contributed by atoms with Crippen LogP contribution >= 0.6 is 0 Å². The Hall–Kier alpha value is -1.26. The molecule has 0 radical (unpaired) electrons. The highest BCUT2D eigenvalue weighted by atomic mass is 16.5. The van der Waals surface area contributed by atoms with Gasteiger partial charge in [-0.3, -0.25) is 0 Å². The quantitative estimate of drug-likeness (QED) is 0.726. The molecule has 4 nitrogen and oxygen atoms in total. The number of hydrogen-bond acceptors (Lipinski definition) is 4. The Kier molecular flexibility index (Phi) is 6.67. The van der Waals surface area contributed by atoms with Crippen LogP contribution in [0.1, 0.15) is 12.0 Å². The third kappa shape index (κ3) is 5.49. The van der Waals surface area contributed by atoms with Gasteiger partial charge in [0, 0.05) is 20.6 Å². The Labute approximate surface area is 117 Å². The first kappa shape index (κ1) is 15.8. The van der Waals surface area contributed by atoms with Gasteiger partial charge in [-0.25, -0.2) is 0 Å². The second-order valence-electron chi connectivity index (χ2n) is 5.23. The standard InChI is InChI=1S/C15H27N3O/c1-17(2)10-6-9-16-12-13-7-8-14(18(3)4)15(11-13)19-5/h7-8,11,16H,6,9-10,12H2,1-5H3. The molecule has 1 N–H and O–H groups in total. The van der Waals surface area contributed by atoms with Crippen LogP contribution in [0.5, 0.6) is 5.75 Å². The van der Waals surface area contributed by atoms with Crippen LogP contribution in [0.25, 0.3) is 0 Å². The molecule has 108 valence electrons. The number of methoxy groups -OCH3 is 1. The van der Waals surface area contributed by atoms with Crippen LogP contribution in [0.4, 0.5) is 5.69 Å². The highest BCUT2D eigenvalue weighted by Gasteiger charge is 2.05. The zero-order valence-corrected chi connectivity index (χ0v) is 12.9. The highest BCUT2D eigenvalue weighted by Crippen LogP contribution is 2.27. The molecular weight excluding hydrogens is 238 g/mol. The Morgan fingerprint density at radius 1 is 1.16 bits per heavy atom. The minimum atomic E-state index is 0.886. The van der Waals surface area contributed by atoms with E-state index < -0.39 is 0 Å². The number of nitrogens with zero attached hydrogens (tertiary/aromatic N) is 2. The lowest BCUT2D eigenvalue weighted by Gasteiger charge is -2.17. The van der Waals surface area contributed by atoms with Crippen LogP contribution in [0.3, 0.4) is 0 Å². The van der Waals surface area contributed by atoms with Crippen LogP contribution < -0.4 is 15.0 Å². The van der Waals surface area contributed by atoms with E-state index in [-0.39, 0.29) is 0 Å². The Bertz CT molecular complexity index is 378. The van der Waals surface area contributed by atoms with E-state index in [9.17, 15) is 0 Å². The predicted molar refractivity (Wildman–Crippen MR) is 82.2 cm³/mol. The largest absolute Gasteiger partial charge is 0.495 e. The minimum absolute atomic E-state index is 0.886. The van der Waals surface area contributed by atoms with Gasteiger partial charge < -0.3 is 19.9 Å². The molecule has 0 saturated carbocycles. The van der Waals surface area contributed by atoms with Gasteiger partial charge in [0.05, 0.1) is 12.8 Å². The van der Waals surface area contributed by atoms with E-state index in [4.69, 9.17) is 4.74 Å². The maximum atomic E-state index is 5.43. The van der Waals surface area contributed by atoms with Crippen molar-refractivity contribution in [3.63, 3.8) is 0 Å². The second-order valence-corrected chi connectivity index (χ2v) is 5.23. The first-order chi connectivity index (χ1) is 9.04. The van der Waals surface area contributed by atoms with E-state index in [1.54, 1.807) is 7.11 Å². The molecule has 0 atom stereocenters. The lowest BCUT2D eigenvalue weighted by Crippen LogP contribution is -2.21. The number of ether oxygens (including phenoxy) is 1. The molecule has 1 aromatic rings. The summed E-state index contributed by atoms with van der Waals surface area (Å²) in [7, 11) is 9.97. The van der Waals surface area contributed by atoms with Gasteiger partial charge in [-0.1, -0.05) is 6.07 Å². The van der Waals surface area contributed by atoms with E-state index in [2.05, 4.69) is 47.4 Å². The Morgan fingerprint density at radius 2 is 1.89 bits per heavy atom. The molecule has 0 heterocycles. The van der Waals surface area contributed by atoms with Crippen molar-refractivity contribution in [3.05, 3.63) is 23.8 Å². The number of anilines is 1. The van der Waals surface area contributed by atoms with Gasteiger partial charge in [0.15, 0.2) is 0 Å². The normalized spacial score (nSPS) is 10.8. The van der Waals surface area contributed by atoms with Crippen molar-refractivity contribution < 1.29 is 4.74 Å². The predicted octanol–water partition coefficient (Wildman–Crippen LogP) is 1.80. The van der Waals surface area contributed by atoms with Crippen molar-refractivity contribution in [3.8, 4) is 5.75 Å². The summed E-state index contributed by atoms with van der Waals surface area (Å²) in [4.78, 5) is 4.27. The average molecular weight is 265 g/mol. The summed E-state index contributed by atoms with van der Waals surface area (Å²) in [5, 5.41) is 3.46. The second kappa shape index (κ2) is 8.02. The number of nitrogens with one attached hydrogen (secondary N) is 1. The number of benzene rings is 1. The average Bonchev–Trinajstić information content (AvgIpc) is 2.37. The van der Waals surface area contributed by atoms with Crippen molar-refractivity contribution in [1.29, 1.82) is 0 Å². The molecule has 0 aliphatic rings. The first-order valence-corrected chi connectivity index (χ1v) is 6.74. The molecule has 1 rings (SSSR count).